The molecule has 0 saturated heterocycles. The third-order valence-corrected chi connectivity index (χ3v) is 4.01. The van der Waals surface area contributed by atoms with Crippen molar-refractivity contribution < 1.29 is 23.1 Å². The van der Waals surface area contributed by atoms with E-state index < -0.39 is 23.8 Å². The number of nitrogens with one attached hydrogen (secondary N) is 1. The van der Waals surface area contributed by atoms with Gasteiger partial charge >= 0.3 is 12.1 Å². The summed E-state index contributed by atoms with van der Waals surface area (Å²) in [6.07, 6.45) is -3.94. The summed E-state index contributed by atoms with van der Waals surface area (Å²) in [6, 6.07) is 9.97. The lowest BCUT2D eigenvalue weighted by Crippen LogP contribution is -2.41. The molecule has 0 amide bonds. The fraction of sp³-hybridized carbons (Fsp3) is 0.235. The normalized spacial score (nSPS) is 17.6. The third kappa shape index (κ3) is 3.22. The molecule has 0 spiro atoms. The summed E-state index contributed by atoms with van der Waals surface area (Å²) >= 11 is 0. The van der Waals surface area contributed by atoms with Crippen molar-refractivity contribution in [1.29, 1.82) is 0 Å². The molecule has 1 unspecified atom stereocenters. The lowest BCUT2D eigenvalue weighted by atomic mass is 9.92. The molecule has 0 radical (unpaired) electrons. The number of fused-ring (bicyclic) bond motifs is 1. The van der Waals surface area contributed by atoms with Gasteiger partial charge in [0.05, 0.1) is 5.56 Å². The van der Waals surface area contributed by atoms with Crippen molar-refractivity contribution >= 4 is 5.97 Å². The zero-order chi connectivity index (χ0) is 16.6. The summed E-state index contributed by atoms with van der Waals surface area (Å²) in [6.45, 7) is 0.431. The van der Waals surface area contributed by atoms with E-state index in [4.69, 9.17) is 5.11 Å². The van der Waals surface area contributed by atoms with Gasteiger partial charge in [0.2, 0.25) is 0 Å². The monoisotopic (exact) mass is 321 g/mol. The van der Waals surface area contributed by atoms with Crippen molar-refractivity contribution in [2.75, 3.05) is 0 Å². The highest BCUT2D eigenvalue weighted by atomic mass is 19.4. The average molecular weight is 321 g/mol. The third-order valence-electron chi connectivity index (χ3n) is 4.01. The van der Waals surface area contributed by atoms with Crippen molar-refractivity contribution in [2.24, 2.45) is 0 Å². The Kier molecular flexibility index (Phi) is 3.85. The van der Waals surface area contributed by atoms with Crippen LogP contribution in [0.1, 0.15) is 16.7 Å². The molecule has 120 valence electrons. The molecule has 1 aliphatic heterocycles. The van der Waals surface area contributed by atoms with Crippen LogP contribution in [0.15, 0.2) is 42.5 Å². The molecule has 1 heterocycles. The van der Waals surface area contributed by atoms with Gasteiger partial charge in [-0.3, -0.25) is 4.79 Å². The largest absolute Gasteiger partial charge is 0.480 e. The van der Waals surface area contributed by atoms with Crippen molar-refractivity contribution in [2.45, 2.75) is 25.2 Å². The van der Waals surface area contributed by atoms with E-state index in [0.29, 0.717) is 18.5 Å². The first-order valence-corrected chi connectivity index (χ1v) is 7.10. The highest BCUT2D eigenvalue weighted by molar-refractivity contribution is 5.75. The molecule has 1 aliphatic rings. The fourth-order valence-electron chi connectivity index (χ4n) is 2.72. The van der Waals surface area contributed by atoms with Gasteiger partial charge in [0.1, 0.15) is 6.04 Å². The second-order valence-electron chi connectivity index (χ2n) is 5.53. The van der Waals surface area contributed by atoms with E-state index in [1.807, 2.05) is 18.2 Å². The van der Waals surface area contributed by atoms with Gasteiger partial charge in [-0.1, -0.05) is 24.3 Å². The number of halogens is 3. The van der Waals surface area contributed by atoms with E-state index in [1.54, 1.807) is 0 Å². The molecule has 0 aromatic heterocycles. The van der Waals surface area contributed by atoms with Gasteiger partial charge in [-0.15, -0.1) is 0 Å². The molecule has 2 aromatic rings. The molecule has 6 heteroatoms. The maximum atomic E-state index is 12.6. The minimum Gasteiger partial charge on any atom is -0.480 e. The van der Waals surface area contributed by atoms with Crippen LogP contribution in [0.4, 0.5) is 13.2 Å². The van der Waals surface area contributed by atoms with Crippen molar-refractivity contribution in [3.05, 3.63) is 59.2 Å². The molecule has 3 nitrogen and oxygen atoms in total. The van der Waals surface area contributed by atoms with Gasteiger partial charge in [-0.05, 0) is 46.9 Å². The highest BCUT2D eigenvalue weighted by Crippen LogP contribution is 2.31. The first kappa shape index (κ1) is 15.6. The Morgan fingerprint density at radius 1 is 1.04 bits per heavy atom. The molecule has 1 atom stereocenters. The van der Waals surface area contributed by atoms with E-state index in [1.165, 1.54) is 12.1 Å². The quantitative estimate of drug-likeness (QED) is 0.890. The van der Waals surface area contributed by atoms with Gasteiger partial charge in [-0.25, -0.2) is 0 Å². The maximum Gasteiger partial charge on any atom is 0.416 e. The Bertz CT molecular complexity index is 738. The Labute approximate surface area is 130 Å². The predicted molar refractivity (Wildman–Crippen MR) is 78.8 cm³/mol. The minimum atomic E-state index is -4.34. The smallest absolute Gasteiger partial charge is 0.416 e. The summed E-state index contributed by atoms with van der Waals surface area (Å²) in [5.74, 6) is -0.887. The standard InChI is InChI=1S/C17H14F3NO2/c18-17(19,20)14-5-3-10(4-6-14)11-1-2-12-8-15(16(22)23)21-9-13(12)7-11/h1-7,15,21H,8-9H2,(H,22,23). The zero-order valence-corrected chi connectivity index (χ0v) is 12.0. The molecule has 2 aromatic carbocycles. The second-order valence-corrected chi connectivity index (χ2v) is 5.53. The molecule has 2 N–H and O–H groups in total. The topological polar surface area (TPSA) is 49.3 Å². The lowest BCUT2D eigenvalue weighted by Gasteiger charge is -2.23. The van der Waals surface area contributed by atoms with Gasteiger partial charge in [0, 0.05) is 6.54 Å². The molecule has 0 fully saturated rings. The summed E-state index contributed by atoms with van der Waals surface area (Å²) in [5.41, 5.74) is 2.76. The fourth-order valence-corrected chi connectivity index (χ4v) is 2.72. The van der Waals surface area contributed by atoms with E-state index in [2.05, 4.69) is 5.32 Å². The lowest BCUT2D eigenvalue weighted by molar-refractivity contribution is -0.140. The first-order valence-electron chi connectivity index (χ1n) is 7.10. The Morgan fingerprint density at radius 2 is 1.70 bits per heavy atom. The number of carbonyl (C=O) groups is 1. The summed E-state index contributed by atoms with van der Waals surface area (Å²) in [4.78, 5) is 11.0. The Hall–Kier alpha value is -2.34. The number of carboxylic acids is 1. The van der Waals surface area contributed by atoms with Gasteiger partial charge < -0.3 is 10.4 Å². The van der Waals surface area contributed by atoms with Gasteiger partial charge in [0.15, 0.2) is 0 Å². The van der Waals surface area contributed by atoms with Crippen LogP contribution in [0.2, 0.25) is 0 Å². The molecular weight excluding hydrogens is 307 g/mol. The summed E-state index contributed by atoms with van der Waals surface area (Å²) < 4.78 is 37.8. The molecule has 0 saturated carbocycles. The zero-order valence-electron chi connectivity index (χ0n) is 12.0. The number of hydrogen-bond donors (Lipinski definition) is 2. The van der Waals surface area contributed by atoms with Crippen LogP contribution in [-0.2, 0) is 23.9 Å². The number of alkyl halides is 3. The van der Waals surface area contributed by atoms with E-state index >= 15 is 0 Å². The highest BCUT2D eigenvalue weighted by Gasteiger charge is 2.30. The maximum absolute atomic E-state index is 12.6. The van der Waals surface area contributed by atoms with Crippen molar-refractivity contribution in [3.8, 4) is 11.1 Å². The van der Waals surface area contributed by atoms with Gasteiger partial charge in [0.25, 0.3) is 0 Å². The van der Waals surface area contributed by atoms with Crippen molar-refractivity contribution in [3.63, 3.8) is 0 Å². The minimum absolute atomic E-state index is 0.401. The SMILES string of the molecule is O=C(O)C1Cc2ccc(-c3ccc(C(F)(F)F)cc3)cc2CN1. The molecule has 0 aliphatic carbocycles. The predicted octanol–water partition coefficient (Wildman–Crippen LogP) is 3.47. The van der Waals surface area contributed by atoms with Crippen LogP contribution in [0.3, 0.4) is 0 Å². The van der Waals surface area contributed by atoms with Crippen LogP contribution in [-0.4, -0.2) is 17.1 Å². The molecule has 0 bridgehead atoms. The Morgan fingerprint density at radius 3 is 2.30 bits per heavy atom. The summed E-state index contributed by atoms with van der Waals surface area (Å²) in [7, 11) is 0. The van der Waals surface area contributed by atoms with E-state index in [9.17, 15) is 18.0 Å². The number of aliphatic carboxylic acids is 1. The first-order chi connectivity index (χ1) is 10.8. The van der Waals surface area contributed by atoms with Gasteiger partial charge in [-0.2, -0.15) is 13.2 Å². The molecular formula is C17H14F3NO2. The van der Waals surface area contributed by atoms with Crippen LogP contribution < -0.4 is 5.32 Å². The average Bonchev–Trinajstić information content (AvgIpc) is 2.53. The number of carboxylic acid groups (broad SMARTS) is 1. The van der Waals surface area contributed by atoms with Crippen LogP contribution >= 0.6 is 0 Å². The second kappa shape index (κ2) is 5.70. The number of hydrogen-bond acceptors (Lipinski definition) is 2. The Balaban J connectivity index is 1.87. The molecule has 3 rings (SSSR count). The molecule has 23 heavy (non-hydrogen) atoms. The summed E-state index contributed by atoms with van der Waals surface area (Å²) in [5, 5.41) is 12.0. The van der Waals surface area contributed by atoms with E-state index in [0.717, 1.165) is 28.8 Å². The van der Waals surface area contributed by atoms with Crippen LogP contribution in [0, 0.1) is 0 Å². The van der Waals surface area contributed by atoms with E-state index in [-0.39, 0.29) is 0 Å². The van der Waals surface area contributed by atoms with Crippen LogP contribution in [0.5, 0.6) is 0 Å². The number of benzene rings is 2. The number of rotatable bonds is 2. The van der Waals surface area contributed by atoms with Crippen molar-refractivity contribution in [1.82, 2.24) is 5.32 Å². The van der Waals surface area contributed by atoms with Crippen LogP contribution in [0.25, 0.3) is 11.1 Å².